The van der Waals surface area contributed by atoms with Crippen LogP contribution in [-0.2, 0) is 16.1 Å². The molecule has 0 spiro atoms. The normalized spacial score (nSPS) is 16.0. The van der Waals surface area contributed by atoms with E-state index in [1.54, 1.807) is 19.0 Å². The van der Waals surface area contributed by atoms with Crippen LogP contribution in [0, 0.1) is 0 Å². The number of rotatable bonds is 5. The Labute approximate surface area is 178 Å². The summed E-state index contributed by atoms with van der Waals surface area (Å²) in [5, 5.41) is 1.44. The summed E-state index contributed by atoms with van der Waals surface area (Å²) in [6.45, 7) is 5.57. The summed E-state index contributed by atoms with van der Waals surface area (Å²) in [7, 11) is 3.46. The number of benzene rings is 1. The number of likely N-dealkylation sites (N-methyl/N-ethyl adjacent to an activating group) is 3. The number of carbonyl (C=O) groups is 2. The van der Waals surface area contributed by atoms with Gasteiger partial charge in [-0.2, -0.15) is 0 Å². The zero-order chi connectivity index (χ0) is 20.6. The Kier molecular flexibility index (Phi) is 5.90. The maximum absolute atomic E-state index is 12.6. The molecule has 0 atom stereocenters. The minimum absolute atomic E-state index is 0.0685. The van der Waals surface area contributed by atoms with E-state index in [9.17, 15) is 9.59 Å². The third-order valence-corrected chi connectivity index (χ3v) is 6.09. The summed E-state index contributed by atoms with van der Waals surface area (Å²) in [6, 6.07) is 5.93. The quantitative estimate of drug-likeness (QED) is 0.505. The fraction of sp³-hybridized carbons (Fsp3) is 0.350. The van der Waals surface area contributed by atoms with Gasteiger partial charge in [0.2, 0.25) is 5.91 Å². The van der Waals surface area contributed by atoms with Gasteiger partial charge in [-0.1, -0.05) is 15.9 Å². The molecule has 1 aromatic heterocycles. The third-order valence-electron chi connectivity index (χ3n) is 5.05. The number of nitrogens with zero attached hydrogens (tertiary/aromatic N) is 4. The molecule has 2 heterocycles. The van der Waals surface area contributed by atoms with Crippen molar-refractivity contribution in [2.45, 2.75) is 20.4 Å². The summed E-state index contributed by atoms with van der Waals surface area (Å²) in [4.78, 5) is 30.1. The molecule has 148 valence electrons. The van der Waals surface area contributed by atoms with Crippen LogP contribution in [0.1, 0.15) is 19.4 Å². The van der Waals surface area contributed by atoms with Crippen LogP contribution in [0.15, 0.2) is 34.6 Å². The Morgan fingerprint density at radius 1 is 1.21 bits per heavy atom. The zero-order valence-corrected chi connectivity index (χ0v) is 18.8. The number of hydrogen-bond acceptors (Lipinski definition) is 3. The van der Waals surface area contributed by atoms with Crippen molar-refractivity contribution in [2.75, 3.05) is 27.2 Å². The topological polar surface area (TPSA) is 48.8 Å². The molecular formula is C20H23BrN4O2S. The van der Waals surface area contributed by atoms with E-state index in [0.29, 0.717) is 23.9 Å². The standard InChI is InChI=1S/C20H23BrN4O2S/c1-5-24(6-2)18(26)12-25-11-13(15-10-14(21)7-8-16(15)25)9-17-19(27)23(4)20(28)22(17)3/h7-11H,5-6,12H2,1-4H3/b17-9-. The molecule has 2 aromatic rings. The van der Waals surface area contributed by atoms with Crippen LogP contribution < -0.4 is 0 Å². The van der Waals surface area contributed by atoms with Crippen LogP contribution >= 0.6 is 28.1 Å². The number of amides is 2. The smallest absolute Gasteiger partial charge is 0.276 e. The first-order chi connectivity index (χ1) is 13.3. The fourth-order valence-corrected chi connectivity index (χ4v) is 3.94. The minimum Gasteiger partial charge on any atom is -0.342 e. The zero-order valence-electron chi connectivity index (χ0n) is 16.4. The molecule has 6 nitrogen and oxygen atoms in total. The van der Waals surface area contributed by atoms with Crippen LogP contribution in [0.5, 0.6) is 0 Å². The molecule has 2 amide bonds. The van der Waals surface area contributed by atoms with Crippen LogP contribution in [0.4, 0.5) is 0 Å². The van der Waals surface area contributed by atoms with E-state index in [1.807, 2.05) is 53.8 Å². The van der Waals surface area contributed by atoms with E-state index in [2.05, 4.69) is 15.9 Å². The summed E-state index contributed by atoms with van der Waals surface area (Å²) in [6.07, 6.45) is 3.76. The van der Waals surface area contributed by atoms with Gasteiger partial charge >= 0.3 is 0 Å². The number of thiocarbonyl (C=S) groups is 1. The second-order valence-corrected chi connectivity index (χ2v) is 7.96. The van der Waals surface area contributed by atoms with Crippen molar-refractivity contribution in [3.8, 4) is 0 Å². The predicted molar refractivity (Wildman–Crippen MR) is 119 cm³/mol. The predicted octanol–water partition coefficient (Wildman–Crippen LogP) is 3.30. The second kappa shape index (κ2) is 8.05. The largest absolute Gasteiger partial charge is 0.342 e. The van der Waals surface area contributed by atoms with E-state index >= 15 is 0 Å². The van der Waals surface area contributed by atoms with Crippen LogP contribution in [0.2, 0.25) is 0 Å². The molecule has 0 aliphatic carbocycles. The Balaban J connectivity index is 2.08. The van der Waals surface area contributed by atoms with Crippen LogP contribution in [-0.4, -0.2) is 63.4 Å². The number of carbonyl (C=O) groups excluding carboxylic acids is 2. The maximum Gasteiger partial charge on any atom is 0.276 e. The van der Waals surface area contributed by atoms with Gasteiger partial charge in [0.15, 0.2) is 5.11 Å². The lowest BCUT2D eigenvalue weighted by atomic mass is 10.1. The molecular weight excluding hydrogens is 440 g/mol. The summed E-state index contributed by atoms with van der Waals surface area (Å²) < 4.78 is 2.88. The molecule has 0 unspecified atom stereocenters. The van der Waals surface area contributed by atoms with E-state index in [1.165, 1.54) is 4.90 Å². The van der Waals surface area contributed by atoms with Gasteiger partial charge in [-0.3, -0.25) is 14.5 Å². The highest BCUT2D eigenvalue weighted by atomic mass is 79.9. The first-order valence-electron chi connectivity index (χ1n) is 9.12. The van der Waals surface area contributed by atoms with Gasteiger partial charge in [-0.25, -0.2) is 0 Å². The van der Waals surface area contributed by atoms with Gasteiger partial charge in [0.25, 0.3) is 5.91 Å². The van der Waals surface area contributed by atoms with Crippen molar-refractivity contribution in [1.82, 2.24) is 19.3 Å². The van der Waals surface area contributed by atoms with Crippen molar-refractivity contribution in [1.29, 1.82) is 0 Å². The molecule has 3 rings (SSSR count). The highest BCUT2D eigenvalue weighted by Crippen LogP contribution is 2.29. The lowest BCUT2D eigenvalue weighted by Crippen LogP contribution is -2.33. The Bertz CT molecular complexity index is 993. The van der Waals surface area contributed by atoms with Gasteiger partial charge in [0, 0.05) is 54.3 Å². The molecule has 0 bridgehead atoms. The number of hydrogen-bond donors (Lipinski definition) is 0. The first-order valence-corrected chi connectivity index (χ1v) is 10.3. The second-order valence-electron chi connectivity index (χ2n) is 6.68. The van der Waals surface area contributed by atoms with Crippen molar-refractivity contribution in [3.63, 3.8) is 0 Å². The van der Waals surface area contributed by atoms with Crippen molar-refractivity contribution >= 4 is 62.1 Å². The molecule has 0 radical (unpaired) electrons. The lowest BCUT2D eigenvalue weighted by Gasteiger charge is -2.19. The van der Waals surface area contributed by atoms with E-state index < -0.39 is 0 Å². The number of halogens is 1. The van der Waals surface area contributed by atoms with E-state index in [0.717, 1.165) is 20.9 Å². The summed E-state index contributed by atoms with van der Waals surface area (Å²) in [5.74, 6) is -0.0680. The Morgan fingerprint density at radius 3 is 2.46 bits per heavy atom. The van der Waals surface area contributed by atoms with E-state index in [-0.39, 0.29) is 18.4 Å². The highest BCUT2D eigenvalue weighted by Gasteiger charge is 2.33. The van der Waals surface area contributed by atoms with Crippen LogP contribution in [0.25, 0.3) is 17.0 Å². The molecule has 1 fully saturated rings. The molecule has 28 heavy (non-hydrogen) atoms. The molecule has 1 saturated heterocycles. The van der Waals surface area contributed by atoms with Crippen molar-refractivity contribution in [2.24, 2.45) is 0 Å². The SMILES string of the molecule is CCN(CC)C(=O)Cn1cc(/C=C2/C(=O)N(C)C(=S)N2C)c2cc(Br)ccc21. The number of fused-ring (bicyclic) bond motifs is 1. The highest BCUT2D eigenvalue weighted by molar-refractivity contribution is 9.10. The minimum atomic E-state index is -0.136. The summed E-state index contributed by atoms with van der Waals surface area (Å²) in [5.41, 5.74) is 2.33. The van der Waals surface area contributed by atoms with Crippen molar-refractivity contribution in [3.05, 3.63) is 40.1 Å². The third kappa shape index (κ3) is 3.58. The molecule has 1 aliphatic heterocycles. The lowest BCUT2D eigenvalue weighted by molar-refractivity contribution is -0.131. The average molecular weight is 463 g/mol. The average Bonchev–Trinajstić information content (AvgIpc) is 3.08. The van der Waals surface area contributed by atoms with Gasteiger partial charge in [-0.15, -0.1) is 0 Å². The first kappa shape index (κ1) is 20.5. The fourth-order valence-electron chi connectivity index (χ4n) is 3.40. The van der Waals surface area contributed by atoms with E-state index in [4.69, 9.17) is 12.2 Å². The molecule has 0 N–H and O–H groups in total. The monoisotopic (exact) mass is 462 g/mol. The van der Waals surface area contributed by atoms with Gasteiger partial charge in [0.05, 0.1) is 0 Å². The molecule has 8 heteroatoms. The van der Waals surface area contributed by atoms with Gasteiger partial charge in [-0.05, 0) is 50.3 Å². The maximum atomic E-state index is 12.6. The van der Waals surface area contributed by atoms with Gasteiger partial charge < -0.3 is 14.4 Å². The Hall–Kier alpha value is -2.19. The number of aromatic nitrogens is 1. The van der Waals surface area contributed by atoms with Crippen molar-refractivity contribution < 1.29 is 9.59 Å². The summed E-state index contributed by atoms with van der Waals surface area (Å²) >= 11 is 8.81. The van der Waals surface area contributed by atoms with Gasteiger partial charge in [0.1, 0.15) is 12.2 Å². The molecule has 0 saturated carbocycles. The Morgan fingerprint density at radius 2 is 1.89 bits per heavy atom. The molecule has 1 aliphatic rings. The molecule has 1 aromatic carbocycles. The van der Waals surface area contributed by atoms with Crippen LogP contribution in [0.3, 0.4) is 0 Å².